The number of para-hydroxylation sites is 2. The number of amides is 1. The first kappa shape index (κ1) is 16.9. The molecule has 0 atom stereocenters. The van der Waals surface area contributed by atoms with E-state index in [4.69, 9.17) is 0 Å². The highest BCUT2D eigenvalue weighted by Crippen LogP contribution is 2.10. The van der Waals surface area contributed by atoms with Crippen LogP contribution in [0.1, 0.15) is 12.7 Å². The molecule has 0 aliphatic carbocycles. The molecule has 3 rings (SSSR count). The van der Waals surface area contributed by atoms with Gasteiger partial charge in [0.25, 0.3) is 0 Å². The Labute approximate surface area is 143 Å². The standard InChI is InChI=1S/C18H27N5O/c1-3-22-10-12-23(13-11-22)14-18(24)21(2)9-8-17-19-15-6-4-5-7-16(15)20-17/h4-7H,3,8-14H2,1-2H3,(H,19,20). The van der Waals surface area contributed by atoms with E-state index in [-0.39, 0.29) is 5.91 Å². The Kier molecular flexibility index (Phi) is 5.48. The van der Waals surface area contributed by atoms with Gasteiger partial charge in [0.15, 0.2) is 0 Å². The van der Waals surface area contributed by atoms with Crippen molar-refractivity contribution in [3.63, 3.8) is 0 Å². The van der Waals surface area contributed by atoms with Crippen LogP contribution in [0.4, 0.5) is 0 Å². The summed E-state index contributed by atoms with van der Waals surface area (Å²) in [6, 6.07) is 8.01. The molecule has 0 radical (unpaired) electrons. The quantitative estimate of drug-likeness (QED) is 0.865. The number of hydrogen-bond donors (Lipinski definition) is 1. The molecule has 2 heterocycles. The molecule has 1 amide bonds. The fourth-order valence-electron chi connectivity index (χ4n) is 3.10. The fourth-order valence-corrected chi connectivity index (χ4v) is 3.10. The number of carbonyl (C=O) groups is 1. The van der Waals surface area contributed by atoms with Crippen molar-refractivity contribution in [2.75, 3.05) is 52.9 Å². The molecule has 0 unspecified atom stereocenters. The third kappa shape index (κ3) is 4.13. The molecular formula is C18H27N5O. The van der Waals surface area contributed by atoms with Gasteiger partial charge >= 0.3 is 0 Å². The Bertz CT molecular complexity index is 642. The number of fused-ring (bicyclic) bond motifs is 1. The molecule has 1 aromatic heterocycles. The maximum Gasteiger partial charge on any atom is 0.236 e. The highest BCUT2D eigenvalue weighted by molar-refractivity contribution is 5.78. The van der Waals surface area contributed by atoms with E-state index in [1.807, 2.05) is 36.2 Å². The number of benzene rings is 1. The van der Waals surface area contributed by atoms with Crippen LogP contribution in [0.2, 0.25) is 0 Å². The Morgan fingerprint density at radius 3 is 2.62 bits per heavy atom. The van der Waals surface area contributed by atoms with Crippen LogP contribution in [0, 0.1) is 0 Å². The van der Waals surface area contributed by atoms with E-state index in [2.05, 4.69) is 26.7 Å². The Morgan fingerprint density at radius 2 is 1.92 bits per heavy atom. The number of rotatable bonds is 6. The predicted molar refractivity (Wildman–Crippen MR) is 96.0 cm³/mol. The van der Waals surface area contributed by atoms with Gasteiger partial charge in [-0.15, -0.1) is 0 Å². The third-order valence-electron chi connectivity index (χ3n) is 4.82. The van der Waals surface area contributed by atoms with Crippen molar-refractivity contribution in [2.24, 2.45) is 0 Å². The number of carbonyl (C=O) groups excluding carboxylic acids is 1. The van der Waals surface area contributed by atoms with Crippen LogP contribution in [0.5, 0.6) is 0 Å². The number of piperazine rings is 1. The van der Waals surface area contributed by atoms with Gasteiger partial charge in [0.1, 0.15) is 5.82 Å². The molecular weight excluding hydrogens is 302 g/mol. The highest BCUT2D eigenvalue weighted by atomic mass is 16.2. The lowest BCUT2D eigenvalue weighted by atomic mass is 10.3. The summed E-state index contributed by atoms with van der Waals surface area (Å²) in [7, 11) is 1.88. The summed E-state index contributed by atoms with van der Waals surface area (Å²) in [5, 5.41) is 0. The second kappa shape index (κ2) is 7.77. The van der Waals surface area contributed by atoms with Gasteiger partial charge in [0.2, 0.25) is 5.91 Å². The number of hydrogen-bond acceptors (Lipinski definition) is 4. The van der Waals surface area contributed by atoms with Crippen LogP contribution in [0.25, 0.3) is 11.0 Å². The minimum Gasteiger partial charge on any atom is -0.344 e. The summed E-state index contributed by atoms with van der Waals surface area (Å²) >= 11 is 0. The van der Waals surface area contributed by atoms with Crippen LogP contribution >= 0.6 is 0 Å². The smallest absolute Gasteiger partial charge is 0.236 e. The second-order valence-electron chi connectivity index (χ2n) is 6.48. The van der Waals surface area contributed by atoms with E-state index < -0.39 is 0 Å². The fraction of sp³-hybridized carbons (Fsp3) is 0.556. The average Bonchev–Trinajstić information content (AvgIpc) is 3.03. The molecule has 0 spiro atoms. The summed E-state index contributed by atoms with van der Waals surface area (Å²) in [6.07, 6.45) is 0.751. The van der Waals surface area contributed by atoms with Crippen LogP contribution in [0.15, 0.2) is 24.3 Å². The molecule has 1 aromatic carbocycles. The molecule has 0 saturated carbocycles. The Morgan fingerprint density at radius 1 is 1.21 bits per heavy atom. The maximum absolute atomic E-state index is 12.4. The van der Waals surface area contributed by atoms with E-state index in [1.54, 1.807) is 0 Å². The Hall–Kier alpha value is -1.92. The minimum absolute atomic E-state index is 0.191. The molecule has 130 valence electrons. The molecule has 6 heteroatoms. The van der Waals surface area contributed by atoms with Crippen molar-refractivity contribution in [1.29, 1.82) is 0 Å². The number of nitrogens with zero attached hydrogens (tertiary/aromatic N) is 4. The third-order valence-corrected chi connectivity index (χ3v) is 4.82. The van der Waals surface area contributed by atoms with Gasteiger partial charge in [-0.3, -0.25) is 9.69 Å². The van der Waals surface area contributed by atoms with Gasteiger partial charge in [0, 0.05) is 46.2 Å². The normalized spacial score (nSPS) is 16.6. The zero-order chi connectivity index (χ0) is 16.9. The van der Waals surface area contributed by atoms with Gasteiger partial charge < -0.3 is 14.8 Å². The average molecular weight is 329 g/mol. The first-order valence-electron chi connectivity index (χ1n) is 8.78. The predicted octanol–water partition coefficient (Wildman–Crippen LogP) is 1.20. The molecule has 1 fully saturated rings. The molecule has 2 aromatic rings. The van der Waals surface area contributed by atoms with Crippen LogP contribution in [-0.4, -0.2) is 83.4 Å². The van der Waals surface area contributed by atoms with Crippen molar-refractivity contribution in [3.05, 3.63) is 30.1 Å². The molecule has 1 N–H and O–H groups in total. The summed E-state index contributed by atoms with van der Waals surface area (Å²) in [5.41, 5.74) is 2.03. The van der Waals surface area contributed by atoms with E-state index in [1.165, 1.54) is 0 Å². The number of likely N-dealkylation sites (N-methyl/N-ethyl adjacent to an activating group) is 2. The lowest BCUT2D eigenvalue weighted by molar-refractivity contribution is -0.131. The van der Waals surface area contributed by atoms with Crippen LogP contribution in [-0.2, 0) is 11.2 Å². The van der Waals surface area contributed by atoms with Gasteiger partial charge in [-0.25, -0.2) is 4.98 Å². The van der Waals surface area contributed by atoms with Crippen molar-refractivity contribution < 1.29 is 4.79 Å². The van der Waals surface area contributed by atoms with E-state index >= 15 is 0 Å². The van der Waals surface area contributed by atoms with Gasteiger partial charge in [-0.1, -0.05) is 19.1 Å². The molecule has 1 saturated heterocycles. The van der Waals surface area contributed by atoms with Gasteiger partial charge in [0.05, 0.1) is 17.6 Å². The first-order chi connectivity index (χ1) is 11.7. The maximum atomic E-state index is 12.4. The van der Waals surface area contributed by atoms with E-state index in [0.29, 0.717) is 13.1 Å². The lowest BCUT2D eigenvalue weighted by Crippen LogP contribution is -2.49. The zero-order valence-corrected chi connectivity index (χ0v) is 14.7. The number of aromatic amines is 1. The van der Waals surface area contributed by atoms with E-state index in [0.717, 1.165) is 56.0 Å². The highest BCUT2D eigenvalue weighted by Gasteiger charge is 2.19. The summed E-state index contributed by atoms with van der Waals surface area (Å²) in [5.74, 6) is 1.13. The largest absolute Gasteiger partial charge is 0.344 e. The molecule has 1 aliphatic heterocycles. The molecule has 24 heavy (non-hydrogen) atoms. The summed E-state index contributed by atoms with van der Waals surface area (Å²) in [6.45, 7) is 8.58. The number of nitrogens with one attached hydrogen (secondary N) is 1. The van der Waals surface area contributed by atoms with Crippen molar-refractivity contribution in [2.45, 2.75) is 13.3 Å². The summed E-state index contributed by atoms with van der Waals surface area (Å²) in [4.78, 5) is 26.8. The first-order valence-corrected chi connectivity index (χ1v) is 8.78. The molecule has 1 aliphatic rings. The second-order valence-corrected chi connectivity index (χ2v) is 6.48. The van der Waals surface area contributed by atoms with Crippen molar-refractivity contribution in [1.82, 2.24) is 24.7 Å². The minimum atomic E-state index is 0.191. The van der Waals surface area contributed by atoms with Crippen molar-refractivity contribution in [3.8, 4) is 0 Å². The number of aromatic nitrogens is 2. The van der Waals surface area contributed by atoms with Crippen molar-refractivity contribution >= 4 is 16.9 Å². The molecule has 6 nitrogen and oxygen atoms in total. The number of H-pyrrole nitrogens is 1. The SMILES string of the molecule is CCN1CCN(CC(=O)N(C)CCc2nc3ccccc3[nH]2)CC1. The lowest BCUT2D eigenvalue weighted by Gasteiger charge is -2.34. The van der Waals surface area contributed by atoms with Gasteiger partial charge in [-0.2, -0.15) is 0 Å². The van der Waals surface area contributed by atoms with Crippen LogP contribution in [0.3, 0.4) is 0 Å². The van der Waals surface area contributed by atoms with E-state index in [9.17, 15) is 4.79 Å². The van der Waals surface area contributed by atoms with Gasteiger partial charge in [-0.05, 0) is 18.7 Å². The molecule has 0 bridgehead atoms. The monoisotopic (exact) mass is 329 g/mol. The summed E-state index contributed by atoms with van der Waals surface area (Å²) < 4.78 is 0. The topological polar surface area (TPSA) is 55.5 Å². The Balaban J connectivity index is 1.46. The zero-order valence-electron chi connectivity index (χ0n) is 14.7. The number of imidazole rings is 1. The van der Waals surface area contributed by atoms with Crippen LogP contribution < -0.4 is 0 Å².